The van der Waals surface area contributed by atoms with Crippen LogP contribution in [0.15, 0.2) is 17.3 Å². The fourth-order valence-electron chi connectivity index (χ4n) is 2.00. The molecule has 0 aromatic heterocycles. The molecule has 0 fully saturated rings. The molecule has 0 radical (unpaired) electrons. The lowest BCUT2D eigenvalue weighted by Gasteiger charge is -2.27. The fourth-order valence-corrected chi connectivity index (χ4v) is 2.27. The van der Waals surface area contributed by atoms with E-state index in [2.05, 4.69) is 4.99 Å². The molecule has 1 amide bonds. The van der Waals surface area contributed by atoms with Gasteiger partial charge in [-0.05, 0) is 40.2 Å². The summed E-state index contributed by atoms with van der Waals surface area (Å²) in [6.45, 7) is 9.03. The molecule has 0 spiro atoms. The number of carbonyl (C=O) groups is 1. The minimum absolute atomic E-state index is 0.290. The van der Waals surface area contributed by atoms with Crippen molar-refractivity contribution in [3.05, 3.63) is 12.3 Å². The second-order valence-electron chi connectivity index (χ2n) is 6.17. The van der Waals surface area contributed by atoms with E-state index < -0.39 is 5.60 Å². The average molecular weight is 347 g/mol. The van der Waals surface area contributed by atoms with Crippen LogP contribution in [0.1, 0.15) is 34.1 Å². The van der Waals surface area contributed by atoms with Crippen LogP contribution in [0.25, 0.3) is 0 Å². The Morgan fingerprint density at radius 3 is 2.70 bits per heavy atom. The summed E-state index contributed by atoms with van der Waals surface area (Å²) >= 11 is 6.12. The van der Waals surface area contributed by atoms with Gasteiger partial charge in [0, 0.05) is 26.4 Å². The van der Waals surface area contributed by atoms with E-state index >= 15 is 0 Å². The second kappa shape index (κ2) is 9.13. The first-order valence-electron chi connectivity index (χ1n) is 7.80. The van der Waals surface area contributed by atoms with E-state index in [1.54, 1.807) is 24.3 Å². The van der Waals surface area contributed by atoms with E-state index in [9.17, 15) is 4.79 Å². The molecule has 0 saturated carbocycles. The minimum atomic E-state index is -0.495. The zero-order valence-electron chi connectivity index (χ0n) is 14.5. The topological polar surface area (TPSA) is 60.4 Å². The highest BCUT2D eigenvalue weighted by Crippen LogP contribution is 2.16. The van der Waals surface area contributed by atoms with Crippen molar-refractivity contribution in [2.75, 3.05) is 26.8 Å². The Balaban J connectivity index is 2.39. The van der Waals surface area contributed by atoms with Gasteiger partial charge in [0.15, 0.2) is 6.10 Å². The standard InChI is InChI=1S/C16H27ClN2O4/c1-6-19(15(20)23-16(2,3)4)10-7-11-22-14-13(21-5)12(17)8-9-18-14/h8-9,12-13H,6-7,10-11H2,1-5H3. The smallest absolute Gasteiger partial charge is 0.410 e. The van der Waals surface area contributed by atoms with Crippen LogP contribution in [0, 0.1) is 0 Å². The van der Waals surface area contributed by atoms with Crippen molar-refractivity contribution in [2.45, 2.75) is 51.2 Å². The maximum atomic E-state index is 12.0. The van der Waals surface area contributed by atoms with Crippen molar-refractivity contribution in [3.8, 4) is 0 Å². The number of halogens is 1. The number of rotatable bonds is 6. The Morgan fingerprint density at radius 2 is 2.13 bits per heavy atom. The van der Waals surface area contributed by atoms with Crippen molar-refractivity contribution < 1.29 is 19.0 Å². The number of amides is 1. The molecular formula is C16H27ClN2O4. The third kappa shape index (κ3) is 6.79. The second-order valence-corrected chi connectivity index (χ2v) is 6.68. The molecule has 1 rings (SSSR count). The number of aliphatic imine (C=N–C) groups is 1. The van der Waals surface area contributed by atoms with Crippen LogP contribution in [0.2, 0.25) is 0 Å². The number of carbonyl (C=O) groups excluding carboxylic acids is 1. The molecule has 0 bridgehead atoms. The summed E-state index contributed by atoms with van der Waals surface area (Å²) in [6.07, 6.45) is 3.34. The Labute approximate surface area is 143 Å². The highest BCUT2D eigenvalue weighted by molar-refractivity contribution is 6.24. The van der Waals surface area contributed by atoms with Gasteiger partial charge in [0.05, 0.1) is 12.0 Å². The van der Waals surface area contributed by atoms with Crippen molar-refractivity contribution >= 4 is 23.6 Å². The Hall–Kier alpha value is -1.27. The molecule has 2 unspecified atom stereocenters. The molecule has 23 heavy (non-hydrogen) atoms. The zero-order chi connectivity index (χ0) is 17.5. The molecule has 6 nitrogen and oxygen atoms in total. The van der Waals surface area contributed by atoms with E-state index in [4.69, 9.17) is 25.8 Å². The van der Waals surface area contributed by atoms with Crippen LogP contribution < -0.4 is 0 Å². The molecule has 0 saturated heterocycles. The molecule has 1 aliphatic rings. The highest BCUT2D eigenvalue weighted by atomic mass is 35.5. The summed E-state index contributed by atoms with van der Waals surface area (Å²) in [5.41, 5.74) is -0.495. The van der Waals surface area contributed by atoms with E-state index in [1.165, 1.54) is 0 Å². The predicted octanol–water partition coefficient (Wildman–Crippen LogP) is 3.20. The van der Waals surface area contributed by atoms with E-state index in [0.717, 1.165) is 0 Å². The quantitative estimate of drug-likeness (QED) is 0.547. The average Bonchev–Trinajstić information content (AvgIpc) is 2.45. The largest absolute Gasteiger partial charge is 0.479 e. The molecular weight excluding hydrogens is 320 g/mol. The van der Waals surface area contributed by atoms with Gasteiger partial charge in [-0.2, -0.15) is 0 Å². The molecule has 2 atom stereocenters. The summed E-state index contributed by atoms with van der Waals surface area (Å²) in [6, 6.07) is 0. The van der Waals surface area contributed by atoms with Gasteiger partial charge in [0.2, 0.25) is 5.90 Å². The lowest BCUT2D eigenvalue weighted by Crippen LogP contribution is -2.38. The Morgan fingerprint density at radius 1 is 1.43 bits per heavy atom. The van der Waals surface area contributed by atoms with Crippen LogP contribution in [-0.2, 0) is 14.2 Å². The monoisotopic (exact) mass is 346 g/mol. The van der Waals surface area contributed by atoms with Crippen molar-refractivity contribution in [1.29, 1.82) is 0 Å². The van der Waals surface area contributed by atoms with Gasteiger partial charge in [-0.25, -0.2) is 9.79 Å². The van der Waals surface area contributed by atoms with Gasteiger partial charge in [0.25, 0.3) is 0 Å². The summed E-state index contributed by atoms with van der Waals surface area (Å²) in [7, 11) is 1.57. The summed E-state index contributed by atoms with van der Waals surface area (Å²) in [5.74, 6) is 0.468. The molecule has 7 heteroatoms. The first kappa shape index (κ1) is 19.8. The Bertz CT molecular complexity index is 446. The summed E-state index contributed by atoms with van der Waals surface area (Å²) in [5, 5.41) is -0.290. The van der Waals surface area contributed by atoms with Crippen LogP contribution >= 0.6 is 11.6 Å². The molecule has 132 valence electrons. The highest BCUT2D eigenvalue weighted by Gasteiger charge is 2.27. The molecule has 1 heterocycles. The number of hydrogen-bond donors (Lipinski definition) is 0. The van der Waals surface area contributed by atoms with Crippen LogP contribution in [0.5, 0.6) is 0 Å². The normalized spacial score (nSPS) is 20.9. The van der Waals surface area contributed by atoms with Crippen LogP contribution in [0.4, 0.5) is 4.79 Å². The van der Waals surface area contributed by atoms with E-state index in [0.29, 0.717) is 32.0 Å². The SMILES string of the molecule is CCN(CCCOC1=NC=CC(Cl)C1OC)C(=O)OC(C)(C)C. The molecule has 0 aromatic rings. The maximum absolute atomic E-state index is 12.0. The lowest BCUT2D eigenvalue weighted by atomic mass is 10.2. The van der Waals surface area contributed by atoms with Crippen molar-refractivity contribution in [1.82, 2.24) is 4.90 Å². The number of nitrogens with zero attached hydrogens (tertiary/aromatic N) is 2. The number of hydrogen-bond acceptors (Lipinski definition) is 5. The third-order valence-electron chi connectivity index (χ3n) is 3.11. The maximum Gasteiger partial charge on any atom is 0.410 e. The molecule has 0 aromatic carbocycles. The number of ether oxygens (including phenoxy) is 3. The van der Waals surface area contributed by atoms with E-state index in [1.807, 2.05) is 27.7 Å². The number of alkyl halides is 1. The van der Waals surface area contributed by atoms with Gasteiger partial charge in [-0.1, -0.05) is 0 Å². The van der Waals surface area contributed by atoms with Gasteiger partial charge < -0.3 is 19.1 Å². The van der Waals surface area contributed by atoms with Gasteiger partial charge in [0.1, 0.15) is 5.60 Å². The zero-order valence-corrected chi connectivity index (χ0v) is 15.3. The molecule has 0 aliphatic carbocycles. The van der Waals surface area contributed by atoms with Crippen molar-refractivity contribution in [2.24, 2.45) is 4.99 Å². The minimum Gasteiger partial charge on any atom is -0.479 e. The molecule has 0 N–H and O–H groups in total. The van der Waals surface area contributed by atoms with E-state index in [-0.39, 0.29) is 17.6 Å². The third-order valence-corrected chi connectivity index (χ3v) is 3.49. The van der Waals surface area contributed by atoms with Crippen molar-refractivity contribution in [3.63, 3.8) is 0 Å². The molecule has 1 aliphatic heterocycles. The van der Waals surface area contributed by atoms with Gasteiger partial charge in [-0.15, -0.1) is 11.6 Å². The van der Waals surface area contributed by atoms with Crippen LogP contribution in [0.3, 0.4) is 0 Å². The van der Waals surface area contributed by atoms with Crippen LogP contribution in [-0.4, -0.2) is 60.8 Å². The predicted molar refractivity (Wildman–Crippen MR) is 91.1 cm³/mol. The first-order chi connectivity index (χ1) is 10.8. The Kier molecular flexibility index (Phi) is 7.85. The summed E-state index contributed by atoms with van der Waals surface area (Å²) in [4.78, 5) is 17.8. The lowest BCUT2D eigenvalue weighted by molar-refractivity contribution is 0.0250. The summed E-state index contributed by atoms with van der Waals surface area (Å²) < 4.78 is 16.3. The fraction of sp³-hybridized carbons (Fsp3) is 0.750. The van der Waals surface area contributed by atoms with Gasteiger partial charge >= 0.3 is 6.09 Å². The first-order valence-corrected chi connectivity index (χ1v) is 8.24. The number of methoxy groups -OCH3 is 1. The van der Waals surface area contributed by atoms with Gasteiger partial charge in [-0.3, -0.25) is 0 Å².